The van der Waals surface area contributed by atoms with Gasteiger partial charge in [0.25, 0.3) is 0 Å². The molecule has 0 amide bonds. The minimum absolute atomic E-state index is 0.234. The smallest absolute Gasteiger partial charge is 0.309 e. The molecule has 0 atom stereocenters. The van der Waals surface area contributed by atoms with Crippen molar-refractivity contribution < 1.29 is 9.90 Å². The van der Waals surface area contributed by atoms with Gasteiger partial charge in [0.05, 0.1) is 5.41 Å². The Kier molecular flexibility index (Phi) is 0.739. The van der Waals surface area contributed by atoms with Gasteiger partial charge in [-0.25, -0.2) is 0 Å². The molecule has 4 aliphatic rings. The van der Waals surface area contributed by atoms with Gasteiger partial charge in [-0.2, -0.15) is 0 Å². The lowest BCUT2D eigenvalue weighted by molar-refractivity contribution is -0.230. The molecule has 0 aromatic heterocycles. The summed E-state index contributed by atoms with van der Waals surface area (Å²) in [5.41, 5.74) is 0.307. The summed E-state index contributed by atoms with van der Waals surface area (Å²) in [5.74, 6) is 0.378. The van der Waals surface area contributed by atoms with Crippen molar-refractivity contribution in [2.24, 2.45) is 16.7 Å². The van der Waals surface area contributed by atoms with Crippen molar-refractivity contribution in [2.45, 2.75) is 32.1 Å². The number of hydrogen-bond donors (Lipinski definition) is 1. The number of carbonyl (C=O) groups is 1. The van der Waals surface area contributed by atoms with E-state index in [2.05, 4.69) is 0 Å². The van der Waals surface area contributed by atoms with Gasteiger partial charge in [0, 0.05) is 0 Å². The lowest BCUT2D eigenvalue weighted by Gasteiger charge is -2.69. The Hall–Kier alpha value is -0.530. The molecular weight excluding hydrogens is 140 g/mol. The minimum Gasteiger partial charge on any atom is -0.481 e. The van der Waals surface area contributed by atoms with E-state index in [1.54, 1.807) is 0 Å². The Morgan fingerprint density at radius 2 is 1.82 bits per heavy atom. The third-order valence-electron chi connectivity index (χ3n) is 3.97. The van der Waals surface area contributed by atoms with Crippen LogP contribution in [0.4, 0.5) is 0 Å². The minimum atomic E-state index is -0.542. The van der Waals surface area contributed by atoms with Gasteiger partial charge in [-0.3, -0.25) is 4.79 Å². The Bertz CT molecular complexity index is 220. The van der Waals surface area contributed by atoms with E-state index in [4.69, 9.17) is 5.11 Å². The Morgan fingerprint density at radius 1 is 1.27 bits per heavy atom. The van der Waals surface area contributed by atoms with Crippen LogP contribution in [0.5, 0.6) is 0 Å². The lowest BCUT2D eigenvalue weighted by atomic mass is 9.33. The van der Waals surface area contributed by atoms with Gasteiger partial charge in [0.1, 0.15) is 0 Å². The molecule has 0 radical (unpaired) electrons. The highest BCUT2D eigenvalue weighted by molar-refractivity contribution is 5.79. The number of hydrogen-bond acceptors (Lipinski definition) is 1. The quantitative estimate of drug-likeness (QED) is 0.653. The van der Waals surface area contributed by atoms with Crippen LogP contribution in [0.15, 0.2) is 0 Å². The second-order valence-corrected chi connectivity index (χ2v) is 4.75. The first kappa shape index (κ1) is 6.04. The molecule has 0 aliphatic heterocycles. The Labute approximate surface area is 65.6 Å². The molecule has 60 valence electrons. The summed E-state index contributed by atoms with van der Waals surface area (Å²) < 4.78 is 0. The molecule has 0 aromatic carbocycles. The van der Waals surface area contributed by atoms with Crippen molar-refractivity contribution in [1.82, 2.24) is 0 Å². The zero-order chi connectivity index (χ0) is 7.69. The fourth-order valence-electron chi connectivity index (χ4n) is 3.22. The average molecular weight is 152 g/mol. The number of rotatable bonds is 2. The fraction of sp³-hybridized carbons (Fsp3) is 0.889. The standard InChI is InChI=1S/C9H12O2/c10-7(11)9-3-8(4-9,5-9)6-1-2-6/h6H,1-5H2,(H,10,11). The first-order valence-electron chi connectivity index (χ1n) is 4.40. The predicted molar refractivity (Wildman–Crippen MR) is 39.1 cm³/mol. The largest absolute Gasteiger partial charge is 0.481 e. The van der Waals surface area contributed by atoms with E-state index >= 15 is 0 Å². The zero-order valence-electron chi connectivity index (χ0n) is 6.47. The van der Waals surface area contributed by atoms with Gasteiger partial charge >= 0.3 is 5.97 Å². The van der Waals surface area contributed by atoms with Crippen LogP contribution in [0.1, 0.15) is 32.1 Å². The molecule has 0 spiro atoms. The second-order valence-electron chi connectivity index (χ2n) is 4.75. The third-order valence-corrected chi connectivity index (χ3v) is 3.97. The first-order chi connectivity index (χ1) is 5.17. The molecule has 2 bridgehead atoms. The maximum absolute atomic E-state index is 10.7. The van der Waals surface area contributed by atoms with Crippen molar-refractivity contribution in [3.8, 4) is 0 Å². The SMILES string of the molecule is O=C(O)C12CC(C3CC3)(C1)C2. The maximum Gasteiger partial charge on any atom is 0.309 e. The van der Waals surface area contributed by atoms with Crippen molar-refractivity contribution in [3.05, 3.63) is 0 Å². The van der Waals surface area contributed by atoms with Crippen LogP contribution in [0.3, 0.4) is 0 Å². The number of carboxylic acids is 1. The molecule has 2 nitrogen and oxygen atoms in total. The topological polar surface area (TPSA) is 37.3 Å². The zero-order valence-corrected chi connectivity index (χ0v) is 6.47. The Balaban J connectivity index is 1.76. The van der Waals surface area contributed by atoms with Crippen LogP contribution >= 0.6 is 0 Å². The molecular formula is C9H12O2. The summed E-state index contributed by atoms with van der Waals surface area (Å²) in [7, 11) is 0. The molecule has 4 rings (SSSR count). The van der Waals surface area contributed by atoms with Crippen molar-refractivity contribution >= 4 is 5.97 Å². The van der Waals surface area contributed by atoms with E-state index in [-0.39, 0.29) is 5.41 Å². The fourth-order valence-corrected chi connectivity index (χ4v) is 3.22. The van der Waals surface area contributed by atoms with E-state index in [1.807, 2.05) is 0 Å². The molecule has 0 saturated heterocycles. The van der Waals surface area contributed by atoms with Crippen LogP contribution in [-0.4, -0.2) is 11.1 Å². The number of aliphatic carboxylic acids is 1. The summed E-state index contributed by atoms with van der Waals surface area (Å²) >= 11 is 0. The monoisotopic (exact) mass is 152 g/mol. The van der Waals surface area contributed by atoms with Gasteiger partial charge in [-0.15, -0.1) is 0 Å². The van der Waals surface area contributed by atoms with E-state index in [0.29, 0.717) is 5.41 Å². The molecule has 4 aliphatic carbocycles. The summed E-state index contributed by atoms with van der Waals surface area (Å²) in [5, 5.41) is 8.85. The molecule has 4 saturated carbocycles. The number of carboxylic acid groups (broad SMARTS) is 1. The van der Waals surface area contributed by atoms with Crippen molar-refractivity contribution in [1.29, 1.82) is 0 Å². The molecule has 0 heterocycles. The van der Waals surface area contributed by atoms with Crippen LogP contribution in [-0.2, 0) is 4.79 Å². The highest BCUT2D eigenvalue weighted by atomic mass is 16.4. The van der Waals surface area contributed by atoms with Crippen LogP contribution in [0.25, 0.3) is 0 Å². The molecule has 4 fully saturated rings. The second kappa shape index (κ2) is 1.35. The summed E-state index contributed by atoms with van der Waals surface area (Å²) in [6.45, 7) is 0. The van der Waals surface area contributed by atoms with Crippen LogP contribution in [0.2, 0.25) is 0 Å². The summed E-state index contributed by atoms with van der Waals surface area (Å²) in [4.78, 5) is 10.7. The normalized spacial score (nSPS) is 52.7. The highest BCUT2D eigenvalue weighted by Crippen LogP contribution is 2.79. The van der Waals surface area contributed by atoms with Gasteiger partial charge in [0.2, 0.25) is 0 Å². The highest BCUT2D eigenvalue weighted by Gasteiger charge is 2.75. The van der Waals surface area contributed by atoms with E-state index in [0.717, 1.165) is 25.2 Å². The van der Waals surface area contributed by atoms with Crippen molar-refractivity contribution in [3.63, 3.8) is 0 Å². The molecule has 2 heteroatoms. The maximum atomic E-state index is 10.7. The molecule has 11 heavy (non-hydrogen) atoms. The van der Waals surface area contributed by atoms with Gasteiger partial charge in [0.15, 0.2) is 0 Å². The molecule has 1 N–H and O–H groups in total. The average Bonchev–Trinajstić information content (AvgIpc) is 2.37. The molecule has 0 unspecified atom stereocenters. The lowest BCUT2D eigenvalue weighted by Crippen LogP contribution is -2.66. The van der Waals surface area contributed by atoms with Crippen molar-refractivity contribution in [2.75, 3.05) is 0 Å². The first-order valence-corrected chi connectivity index (χ1v) is 4.40. The van der Waals surface area contributed by atoms with Gasteiger partial charge in [-0.05, 0) is 43.4 Å². The van der Waals surface area contributed by atoms with E-state index in [1.165, 1.54) is 12.8 Å². The van der Waals surface area contributed by atoms with Gasteiger partial charge < -0.3 is 5.11 Å². The predicted octanol–water partition coefficient (Wildman–Crippen LogP) is 1.65. The third kappa shape index (κ3) is 0.501. The molecule has 0 aromatic rings. The van der Waals surface area contributed by atoms with Crippen LogP contribution in [0, 0.1) is 16.7 Å². The van der Waals surface area contributed by atoms with E-state index in [9.17, 15) is 4.79 Å². The summed E-state index contributed by atoms with van der Waals surface area (Å²) in [6.07, 6.45) is 5.74. The Morgan fingerprint density at radius 3 is 2.18 bits per heavy atom. The van der Waals surface area contributed by atoms with Gasteiger partial charge in [-0.1, -0.05) is 0 Å². The van der Waals surface area contributed by atoms with E-state index < -0.39 is 5.97 Å². The summed E-state index contributed by atoms with van der Waals surface area (Å²) in [6, 6.07) is 0. The van der Waals surface area contributed by atoms with Crippen LogP contribution < -0.4 is 0 Å².